The van der Waals surface area contributed by atoms with Crippen molar-refractivity contribution < 1.29 is 29.0 Å². The highest BCUT2D eigenvalue weighted by Crippen LogP contribution is 2.53. The second-order valence-electron chi connectivity index (χ2n) is 10.5. The molecule has 204 valence electrons. The molecule has 2 atom stereocenters. The fraction of sp³-hybridized carbons (Fsp3) is 0.433. The van der Waals surface area contributed by atoms with Crippen molar-refractivity contribution in [2.45, 2.75) is 38.3 Å². The second-order valence-corrected chi connectivity index (χ2v) is 10.5. The topological polar surface area (TPSA) is 99.6 Å². The number of nitrogens with zero attached hydrogens (tertiary/aromatic N) is 3. The molecule has 1 spiro atoms. The summed E-state index contributed by atoms with van der Waals surface area (Å²) in [5, 5.41) is 11.7. The van der Waals surface area contributed by atoms with Gasteiger partial charge in [0.2, 0.25) is 0 Å². The number of aliphatic hydroxyl groups is 1. The standard InChI is InChI=1S/C30H33N3O6/c1-3-32-23-8-5-4-7-22(23)30(29(32)37)25(26(34)20-9-10-24-21(18-20)17-19(2)39-24)27(35)28(36)33(30)12-6-11-31-13-15-38-16-14-31/h4-5,7-10,18-19,34H,3,6,11-17H2,1-2H3/t19-,30-/m1/s1. The van der Waals surface area contributed by atoms with Crippen molar-refractivity contribution in [3.05, 3.63) is 64.7 Å². The maximum Gasteiger partial charge on any atom is 0.296 e. The summed E-state index contributed by atoms with van der Waals surface area (Å²) in [4.78, 5) is 47.0. The lowest BCUT2D eigenvalue weighted by Crippen LogP contribution is -2.52. The first-order valence-corrected chi connectivity index (χ1v) is 13.7. The van der Waals surface area contributed by atoms with Gasteiger partial charge in [-0.25, -0.2) is 0 Å². The van der Waals surface area contributed by atoms with Crippen molar-refractivity contribution in [3.63, 3.8) is 0 Å². The molecule has 1 N–H and O–H groups in total. The number of hydrogen-bond acceptors (Lipinski definition) is 7. The van der Waals surface area contributed by atoms with Crippen molar-refractivity contribution in [1.29, 1.82) is 0 Å². The van der Waals surface area contributed by atoms with Crippen molar-refractivity contribution in [3.8, 4) is 5.75 Å². The lowest BCUT2D eigenvalue weighted by Gasteiger charge is -2.35. The summed E-state index contributed by atoms with van der Waals surface area (Å²) >= 11 is 0. The fourth-order valence-corrected chi connectivity index (χ4v) is 6.47. The Kier molecular flexibility index (Phi) is 6.43. The van der Waals surface area contributed by atoms with Crippen LogP contribution < -0.4 is 9.64 Å². The molecule has 2 amide bonds. The zero-order valence-corrected chi connectivity index (χ0v) is 22.3. The number of fused-ring (bicyclic) bond motifs is 3. The molecule has 2 aromatic rings. The van der Waals surface area contributed by atoms with Crippen LogP contribution in [0, 0.1) is 0 Å². The van der Waals surface area contributed by atoms with E-state index < -0.39 is 23.1 Å². The normalized spacial score (nSPS) is 25.9. The summed E-state index contributed by atoms with van der Waals surface area (Å²) in [5.41, 5.74) is 0.595. The molecule has 4 heterocycles. The first-order valence-electron chi connectivity index (χ1n) is 13.7. The summed E-state index contributed by atoms with van der Waals surface area (Å²) in [6.45, 7) is 8.02. The molecule has 4 aliphatic rings. The van der Waals surface area contributed by atoms with Gasteiger partial charge in [0, 0.05) is 50.3 Å². The van der Waals surface area contributed by atoms with Crippen LogP contribution in [0.3, 0.4) is 0 Å². The third kappa shape index (κ3) is 3.86. The Morgan fingerprint density at radius 2 is 1.85 bits per heavy atom. The monoisotopic (exact) mass is 531 g/mol. The average Bonchev–Trinajstić information content (AvgIpc) is 3.52. The molecular formula is C30H33N3O6. The molecule has 0 unspecified atom stereocenters. The number of morpholine rings is 1. The average molecular weight is 532 g/mol. The van der Waals surface area contributed by atoms with E-state index in [4.69, 9.17) is 9.47 Å². The van der Waals surface area contributed by atoms with Gasteiger partial charge in [0.15, 0.2) is 5.54 Å². The maximum atomic E-state index is 14.3. The van der Waals surface area contributed by atoms with E-state index in [2.05, 4.69) is 4.90 Å². The first kappa shape index (κ1) is 25.6. The lowest BCUT2D eigenvalue weighted by molar-refractivity contribution is -0.143. The van der Waals surface area contributed by atoms with Crippen molar-refractivity contribution in [2.24, 2.45) is 0 Å². The van der Waals surface area contributed by atoms with E-state index in [9.17, 15) is 19.5 Å². The molecule has 0 aromatic heterocycles. The van der Waals surface area contributed by atoms with Crippen LogP contribution in [-0.2, 0) is 31.1 Å². The number of Topliss-reactive ketones (excluding diaryl/α,β-unsaturated/α-hetero) is 1. The molecule has 9 nitrogen and oxygen atoms in total. The van der Waals surface area contributed by atoms with Crippen LogP contribution in [0.4, 0.5) is 5.69 Å². The number of anilines is 1. The van der Waals surface area contributed by atoms with Crippen LogP contribution in [0.15, 0.2) is 48.0 Å². The van der Waals surface area contributed by atoms with Gasteiger partial charge >= 0.3 is 0 Å². The number of likely N-dealkylation sites (tertiary alicyclic amines) is 1. The molecule has 0 aliphatic carbocycles. The Balaban J connectivity index is 1.48. The van der Waals surface area contributed by atoms with E-state index in [0.29, 0.717) is 56.0 Å². The van der Waals surface area contributed by atoms with Crippen molar-refractivity contribution in [2.75, 3.05) is 50.8 Å². The highest BCUT2D eigenvalue weighted by Gasteiger charge is 2.66. The molecule has 0 radical (unpaired) electrons. The Hall–Kier alpha value is -3.69. The number of ketones is 1. The van der Waals surface area contributed by atoms with Crippen LogP contribution in [-0.4, -0.2) is 84.5 Å². The summed E-state index contributed by atoms with van der Waals surface area (Å²) in [5.74, 6) is -1.61. The number of likely N-dealkylation sites (N-methyl/N-ethyl adjacent to an activating group) is 1. The summed E-state index contributed by atoms with van der Waals surface area (Å²) in [6, 6.07) is 12.5. The molecule has 2 saturated heterocycles. The minimum absolute atomic E-state index is 0.00874. The number of aliphatic hydroxyl groups excluding tert-OH is 1. The number of rotatable bonds is 6. The lowest BCUT2D eigenvalue weighted by atomic mass is 9.81. The fourth-order valence-electron chi connectivity index (χ4n) is 6.47. The third-order valence-corrected chi connectivity index (χ3v) is 8.25. The van der Waals surface area contributed by atoms with E-state index in [1.165, 1.54) is 4.90 Å². The van der Waals surface area contributed by atoms with Crippen LogP contribution in [0.1, 0.15) is 37.0 Å². The highest BCUT2D eigenvalue weighted by atomic mass is 16.5. The molecule has 2 fully saturated rings. The van der Waals surface area contributed by atoms with E-state index in [1.54, 1.807) is 35.2 Å². The zero-order chi connectivity index (χ0) is 27.3. The van der Waals surface area contributed by atoms with Gasteiger partial charge < -0.3 is 24.4 Å². The molecule has 0 saturated carbocycles. The van der Waals surface area contributed by atoms with Crippen LogP contribution >= 0.6 is 0 Å². The largest absolute Gasteiger partial charge is 0.507 e. The number of ether oxygens (including phenoxy) is 2. The van der Waals surface area contributed by atoms with Crippen LogP contribution in [0.25, 0.3) is 5.76 Å². The quantitative estimate of drug-likeness (QED) is 0.348. The van der Waals surface area contributed by atoms with Gasteiger partial charge in [0.25, 0.3) is 17.6 Å². The van der Waals surface area contributed by atoms with Crippen LogP contribution in [0.5, 0.6) is 5.75 Å². The third-order valence-electron chi connectivity index (χ3n) is 8.25. The number of carbonyl (C=O) groups is 3. The van der Waals surface area contributed by atoms with E-state index >= 15 is 0 Å². The maximum absolute atomic E-state index is 14.3. The van der Waals surface area contributed by atoms with Gasteiger partial charge in [-0.05, 0) is 50.1 Å². The Morgan fingerprint density at radius 1 is 1.08 bits per heavy atom. The van der Waals surface area contributed by atoms with E-state index in [1.807, 2.05) is 26.0 Å². The number of hydrogen-bond donors (Lipinski definition) is 1. The zero-order valence-electron chi connectivity index (χ0n) is 22.3. The smallest absolute Gasteiger partial charge is 0.296 e. The van der Waals surface area contributed by atoms with Crippen molar-refractivity contribution >= 4 is 29.0 Å². The van der Waals surface area contributed by atoms with Gasteiger partial charge in [-0.3, -0.25) is 19.3 Å². The summed E-state index contributed by atoms with van der Waals surface area (Å²) < 4.78 is 11.2. The number of carbonyl (C=O) groups excluding carboxylic acids is 3. The Morgan fingerprint density at radius 3 is 2.62 bits per heavy atom. The Labute approximate surface area is 227 Å². The molecular weight excluding hydrogens is 498 g/mol. The number of para-hydroxylation sites is 1. The van der Waals surface area contributed by atoms with E-state index in [0.717, 1.165) is 24.4 Å². The second kappa shape index (κ2) is 9.81. The summed E-state index contributed by atoms with van der Waals surface area (Å²) in [6.07, 6.45) is 1.25. The molecule has 2 aromatic carbocycles. The molecule has 6 rings (SSSR count). The summed E-state index contributed by atoms with van der Waals surface area (Å²) in [7, 11) is 0. The molecule has 9 heteroatoms. The number of benzene rings is 2. The van der Waals surface area contributed by atoms with Gasteiger partial charge in [0.05, 0.1) is 24.5 Å². The minimum atomic E-state index is -1.72. The first-order chi connectivity index (χ1) is 18.9. The predicted molar refractivity (Wildman–Crippen MR) is 145 cm³/mol. The predicted octanol–water partition coefficient (Wildman–Crippen LogP) is 2.67. The highest BCUT2D eigenvalue weighted by molar-refractivity contribution is 6.50. The molecule has 0 bridgehead atoms. The van der Waals surface area contributed by atoms with Gasteiger partial charge in [-0.15, -0.1) is 0 Å². The van der Waals surface area contributed by atoms with Crippen LogP contribution in [0.2, 0.25) is 0 Å². The molecule has 39 heavy (non-hydrogen) atoms. The van der Waals surface area contributed by atoms with E-state index in [-0.39, 0.29) is 24.0 Å². The van der Waals surface area contributed by atoms with Gasteiger partial charge in [0.1, 0.15) is 17.6 Å². The minimum Gasteiger partial charge on any atom is -0.507 e. The van der Waals surface area contributed by atoms with Crippen molar-refractivity contribution in [1.82, 2.24) is 9.80 Å². The van der Waals surface area contributed by atoms with Gasteiger partial charge in [-0.2, -0.15) is 0 Å². The Bertz CT molecular complexity index is 1380. The number of amides is 2. The molecule has 4 aliphatic heterocycles. The SMILES string of the molecule is CCN1C(=O)[C@]2(C(=C(O)c3ccc4c(c3)C[C@@H](C)O4)C(=O)C(=O)N2CCCN2CCOCC2)c2ccccc21. The van der Waals surface area contributed by atoms with Gasteiger partial charge in [-0.1, -0.05) is 18.2 Å².